The van der Waals surface area contributed by atoms with E-state index >= 15 is 0 Å². The summed E-state index contributed by atoms with van der Waals surface area (Å²) in [4.78, 5) is 4.29. The molecule has 0 atom stereocenters. The van der Waals surface area contributed by atoms with Crippen molar-refractivity contribution in [2.45, 2.75) is 32.1 Å². The molecule has 0 amide bonds. The lowest BCUT2D eigenvalue weighted by Crippen LogP contribution is -2.23. The number of fused-ring (bicyclic) bond motifs is 1. The SMILES string of the molecule is NC(=NCCOCC1CC1)Nc1ccc2c(c1)CCC2. The quantitative estimate of drug-likeness (QED) is 0.475. The lowest BCUT2D eigenvalue weighted by atomic mass is 10.1. The topological polar surface area (TPSA) is 59.6 Å². The zero-order valence-corrected chi connectivity index (χ0v) is 11.9. The van der Waals surface area contributed by atoms with Gasteiger partial charge in [-0.15, -0.1) is 0 Å². The maximum atomic E-state index is 5.89. The van der Waals surface area contributed by atoms with E-state index in [2.05, 4.69) is 28.5 Å². The summed E-state index contributed by atoms with van der Waals surface area (Å²) in [7, 11) is 0. The molecule has 0 unspecified atom stereocenters. The Balaban J connectivity index is 1.43. The molecule has 108 valence electrons. The minimum atomic E-state index is 0.470. The van der Waals surface area contributed by atoms with Gasteiger partial charge >= 0.3 is 0 Å². The van der Waals surface area contributed by atoms with Gasteiger partial charge in [-0.2, -0.15) is 0 Å². The molecule has 1 aromatic carbocycles. The number of hydrogen-bond acceptors (Lipinski definition) is 2. The highest BCUT2D eigenvalue weighted by Gasteiger charge is 2.20. The Morgan fingerprint density at radius 2 is 2.15 bits per heavy atom. The van der Waals surface area contributed by atoms with Gasteiger partial charge in [-0.25, -0.2) is 0 Å². The predicted octanol–water partition coefficient (Wildman–Crippen LogP) is 2.33. The van der Waals surface area contributed by atoms with Crippen molar-refractivity contribution in [2.75, 3.05) is 25.1 Å². The van der Waals surface area contributed by atoms with Gasteiger partial charge < -0.3 is 15.8 Å². The average molecular weight is 273 g/mol. The van der Waals surface area contributed by atoms with Crippen molar-refractivity contribution in [2.24, 2.45) is 16.6 Å². The first-order chi connectivity index (χ1) is 9.81. The standard InChI is InChI=1S/C16H23N3O/c17-16(18-8-9-20-11-12-4-5-12)19-15-7-6-13-2-1-3-14(13)10-15/h6-7,10,12H,1-5,8-9,11H2,(H3,17,18,19). The summed E-state index contributed by atoms with van der Waals surface area (Å²) in [6.07, 6.45) is 6.30. The van der Waals surface area contributed by atoms with E-state index in [1.165, 1.54) is 43.2 Å². The van der Waals surface area contributed by atoms with E-state index in [-0.39, 0.29) is 0 Å². The molecule has 2 aliphatic carbocycles. The van der Waals surface area contributed by atoms with Gasteiger partial charge in [-0.3, -0.25) is 4.99 Å². The summed E-state index contributed by atoms with van der Waals surface area (Å²) in [5.74, 6) is 1.28. The summed E-state index contributed by atoms with van der Waals surface area (Å²) < 4.78 is 5.53. The maximum absolute atomic E-state index is 5.89. The van der Waals surface area contributed by atoms with Crippen LogP contribution in [-0.4, -0.2) is 25.7 Å². The van der Waals surface area contributed by atoms with Crippen molar-refractivity contribution in [3.63, 3.8) is 0 Å². The highest BCUT2D eigenvalue weighted by Crippen LogP contribution is 2.28. The number of nitrogens with two attached hydrogens (primary N) is 1. The smallest absolute Gasteiger partial charge is 0.193 e. The van der Waals surface area contributed by atoms with E-state index < -0.39 is 0 Å². The number of ether oxygens (including phenoxy) is 1. The summed E-state index contributed by atoms with van der Waals surface area (Å²) >= 11 is 0. The second-order valence-electron chi connectivity index (χ2n) is 5.75. The minimum absolute atomic E-state index is 0.470. The maximum Gasteiger partial charge on any atom is 0.193 e. The Morgan fingerprint density at radius 3 is 3.00 bits per heavy atom. The van der Waals surface area contributed by atoms with Crippen LogP contribution in [0.5, 0.6) is 0 Å². The molecule has 4 nitrogen and oxygen atoms in total. The van der Waals surface area contributed by atoms with Crippen LogP contribution >= 0.6 is 0 Å². The number of aliphatic imine (C=N–C) groups is 1. The minimum Gasteiger partial charge on any atom is -0.379 e. The van der Waals surface area contributed by atoms with Crippen LogP contribution in [0.25, 0.3) is 0 Å². The molecule has 0 saturated heterocycles. The average Bonchev–Trinajstić information content (AvgIpc) is 3.14. The van der Waals surface area contributed by atoms with Crippen molar-refractivity contribution >= 4 is 11.6 Å². The van der Waals surface area contributed by atoms with Gasteiger partial charge in [0.25, 0.3) is 0 Å². The monoisotopic (exact) mass is 273 g/mol. The lowest BCUT2D eigenvalue weighted by Gasteiger charge is -2.08. The molecule has 2 aliphatic rings. The van der Waals surface area contributed by atoms with Gasteiger partial charge in [0.05, 0.1) is 13.2 Å². The number of rotatable bonds is 6. The molecule has 0 bridgehead atoms. The molecule has 0 aromatic heterocycles. The number of nitrogens with zero attached hydrogens (tertiary/aromatic N) is 1. The van der Waals surface area contributed by atoms with Crippen molar-refractivity contribution in [1.82, 2.24) is 0 Å². The normalized spacial score (nSPS) is 18.1. The third kappa shape index (κ3) is 3.73. The first kappa shape index (κ1) is 13.4. The Morgan fingerprint density at radius 1 is 1.30 bits per heavy atom. The van der Waals surface area contributed by atoms with Crippen LogP contribution in [0.4, 0.5) is 5.69 Å². The summed E-state index contributed by atoms with van der Waals surface area (Å²) in [6, 6.07) is 6.46. The lowest BCUT2D eigenvalue weighted by molar-refractivity contribution is 0.132. The molecule has 0 radical (unpaired) electrons. The van der Waals surface area contributed by atoms with Crippen LogP contribution in [0, 0.1) is 5.92 Å². The molecule has 4 heteroatoms. The number of guanidine groups is 1. The molecule has 1 fully saturated rings. The number of aryl methyl sites for hydroxylation is 2. The van der Waals surface area contributed by atoms with Gasteiger partial charge in [0.1, 0.15) is 0 Å². The molecule has 0 heterocycles. The van der Waals surface area contributed by atoms with E-state index in [0.717, 1.165) is 18.2 Å². The van der Waals surface area contributed by atoms with Crippen LogP contribution in [0.15, 0.2) is 23.2 Å². The number of anilines is 1. The third-order valence-corrected chi connectivity index (χ3v) is 3.94. The highest BCUT2D eigenvalue weighted by atomic mass is 16.5. The molecule has 0 spiro atoms. The molecular formula is C16H23N3O. The second kappa shape index (κ2) is 6.27. The summed E-state index contributed by atoms with van der Waals surface area (Å²) in [5, 5.41) is 3.16. The Hall–Kier alpha value is -1.55. The van der Waals surface area contributed by atoms with Crippen LogP contribution in [0.1, 0.15) is 30.4 Å². The Labute approximate surface area is 120 Å². The van der Waals surface area contributed by atoms with Crippen molar-refractivity contribution in [3.05, 3.63) is 29.3 Å². The van der Waals surface area contributed by atoms with Gasteiger partial charge in [0.15, 0.2) is 5.96 Å². The van der Waals surface area contributed by atoms with Crippen LogP contribution in [-0.2, 0) is 17.6 Å². The zero-order valence-electron chi connectivity index (χ0n) is 11.9. The second-order valence-corrected chi connectivity index (χ2v) is 5.75. The number of nitrogens with one attached hydrogen (secondary N) is 1. The summed E-state index contributed by atoms with van der Waals surface area (Å²) in [5.41, 5.74) is 9.83. The largest absolute Gasteiger partial charge is 0.379 e. The number of hydrogen-bond donors (Lipinski definition) is 2. The Bertz CT molecular complexity index is 494. The molecule has 20 heavy (non-hydrogen) atoms. The first-order valence-electron chi connectivity index (χ1n) is 7.58. The zero-order chi connectivity index (χ0) is 13.8. The van der Waals surface area contributed by atoms with Gasteiger partial charge in [0, 0.05) is 12.3 Å². The Kier molecular flexibility index (Phi) is 4.21. The fraction of sp³-hybridized carbons (Fsp3) is 0.562. The van der Waals surface area contributed by atoms with Gasteiger partial charge in [-0.05, 0) is 61.3 Å². The fourth-order valence-electron chi connectivity index (χ4n) is 2.60. The van der Waals surface area contributed by atoms with E-state index in [4.69, 9.17) is 10.5 Å². The van der Waals surface area contributed by atoms with E-state index in [1.807, 2.05) is 0 Å². The van der Waals surface area contributed by atoms with Crippen LogP contribution < -0.4 is 11.1 Å². The molecule has 3 N–H and O–H groups in total. The van der Waals surface area contributed by atoms with Gasteiger partial charge in [-0.1, -0.05) is 6.07 Å². The molecule has 1 aromatic rings. The van der Waals surface area contributed by atoms with Gasteiger partial charge in [0.2, 0.25) is 0 Å². The van der Waals surface area contributed by atoms with Crippen molar-refractivity contribution in [1.29, 1.82) is 0 Å². The van der Waals surface area contributed by atoms with E-state index in [1.54, 1.807) is 0 Å². The first-order valence-corrected chi connectivity index (χ1v) is 7.58. The fourth-order valence-corrected chi connectivity index (χ4v) is 2.60. The molecule has 3 rings (SSSR count). The van der Waals surface area contributed by atoms with E-state index in [9.17, 15) is 0 Å². The molecule has 0 aliphatic heterocycles. The summed E-state index contributed by atoms with van der Waals surface area (Å²) in [6.45, 7) is 2.16. The van der Waals surface area contributed by atoms with E-state index in [0.29, 0.717) is 19.1 Å². The third-order valence-electron chi connectivity index (χ3n) is 3.94. The predicted molar refractivity (Wildman–Crippen MR) is 82.1 cm³/mol. The van der Waals surface area contributed by atoms with Crippen LogP contribution in [0.3, 0.4) is 0 Å². The van der Waals surface area contributed by atoms with Crippen LogP contribution in [0.2, 0.25) is 0 Å². The highest BCUT2D eigenvalue weighted by molar-refractivity contribution is 5.92. The molecule has 1 saturated carbocycles. The van der Waals surface area contributed by atoms with Crippen molar-refractivity contribution in [3.8, 4) is 0 Å². The number of benzene rings is 1. The van der Waals surface area contributed by atoms with Crippen molar-refractivity contribution < 1.29 is 4.74 Å². The molecular weight excluding hydrogens is 250 g/mol.